The second kappa shape index (κ2) is 10.4. The number of anilines is 1. The molecule has 1 heterocycles. The van der Waals surface area contributed by atoms with Gasteiger partial charge >= 0.3 is 0 Å². The average Bonchev–Trinajstić information content (AvgIpc) is 2.81. The number of aryl methyl sites for hydroxylation is 1. The minimum Gasteiger partial charge on any atom is -0.355 e. The fourth-order valence-electron chi connectivity index (χ4n) is 3.92. The summed E-state index contributed by atoms with van der Waals surface area (Å²) in [7, 11) is 0. The fourth-order valence-corrected chi connectivity index (χ4v) is 5.42. The number of nitrogens with one attached hydrogen (secondary N) is 1. The summed E-state index contributed by atoms with van der Waals surface area (Å²) in [5.41, 5.74) is 4.22. The highest BCUT2D eigenvalue weighted by Crippen LogP contribution is 2.42. The zero-order valence-corrected chi connectivity index (χ0v) is 20.3. The monoisotopic (exact) mass is 478 g/mol. The second-order valence-corrected chi connectivity index (χ2v) is 10.00. The van der Waals surface area contributed by atoms with Gasteiger partial charge in [0.1, 0.15) is 5.25 Å². The largest absolute Gasteiger partial charge is 0.355 e. The van der Waals surface area contributed by atoms with E-state index in [2.05, 4.69) is 36.5 Å². The van der Waals surface area contributed by atoms with Gasteiger partial charge in [-0.1, -0.05) is 72.6 Å². The van der Waals surface area contributed by atoms with E-state index in [1.165, 1.54) is 22.9 Å². The van der Waals surface area contributed by atoms with Crippen LogP contribution in [0, 0.1) is 12.8 Å². The van der Waals surface area contributed by atoms with Crippen LogP contribution >= 0.6 is 23.4 Å². The van der Waals surface area contributed by atoms with Crippen molar-refractivity contribution in [1.29, 1.82) is 0 Å². The zero-order valence-electron chi connectivity index (χ0n) is 18.8. The van der Waals surface area contributed by atoms with Gasteiger partial charge in [0.25, 0.3) is 0 Å². The Morgan fingerprint density at radius 2 is 1.82 bits per heavy atom. The first kappa shape index (κ1) is 23.4. The maximum Gasteiger partial charge on any atom is 0.241 e. The zero-order chi connectivity index (χ0) is 23.4. The predicted molar refractivity (Wildman–Crippen MR) is 136 cm³/mol. The Morgan fingerprint density at radius 3 is 2.58 bits per heavy atom. The molecular weight excluding hydrogens is 452 g/mol. The molecule has 3 aromatic rings. The quantitative estimate of drug-likeness (QED) is 0.477. The van der Waals surface area contributed by atoms with Gasteiger partial charge in [0.05, 0.1) is 18.2 Å². The minimum atomic E-state index is -0.488. The Morgan fingerprint density at radius 1 is 1.06 bits per heavy atom. The van der Waals surface area contributed by atoms with E-state index in [4.69, 9.17) is 11.6 Å². The van der Waals surface area contributed by atoms with E-state index in [0.29, 0.717) is 18.1 Å². The SMILES string of the molecule is Cc1ccc(CCNC(=O)[C@@H](C)[C@H]2Sc3ccccc3N(Cc3cccc(Cl)c3)C2=O)cc1. The van der Waals surface area contributed by atoms with Gasteiger partial charge in [-0.3, -0.25) is 9.59 Å². The van der Waals surface area contributed by atoms with Crippen molar-refractivity contribution in [2.75, 3.05) is 11.4 Å². The van der Waals surface area contributed by atoms with Crippen LogP contribution in [-0.2, 0) is 22.6 Å². The molecule has 0 saturated heterocycles. The van der Waals surface area contributed by atoms with Crippen molar-refractivity contribution in [3.05, 3.63) is 94.5 Å². The number of hydrogen-bond donors (Lipinski definition) is 1. The molecule has 1 aliphatic heterocycles. The van der Waals surface area contributed by atoms with Crippen molar-refractivity contribution in [2.45, 2.75) is 37.0 Å². The van der Waals surface area contributed by atoms with E-state index in [1.54, 1.807) is 4.90 Å². The summed E-state index contributed by atoms with van der Waals surface area (Å²) >= 11 is 7.63. The molecule has 170 valence electrons. The standard InChI is InChI=1S/C27H27ClN2O2S/c1-18-10-12-20(13-11-18)14-15-29-26(31)19(2)25-27(32)30(17-21-6-5-7-22(28)16-21)23-8-3-4-9-24(23)33-25/h3-13,16,19,25H,14-15,17H2,1-2H3,(H,29,31)/t19-,25+/m0/s1. The van der Waals surface area contributed by atoms with Gasteiger partial charge in [-0.05, 0) is 48.7 Å². The summed E-state index contributed by atoms with van der Waals surface area (Å²) in [4.78, 5) is 29.3. The molecule has 0 unspecified atom stereocenters. The molecular formula is C27H27ClN2O2S. The maximum atomic E-state index is 13.5. The molecule has 4 rings (SSSR count). The number of carbonyl (C=O) groups excluding carboxylic acids is 2. The van der Waals surface area contributed by atoms with Gasteiger partial charge in [-0.15, -0.1) is 11.8 Å². The van der Waals surface area contributed by atoms with Crippen molar-refractivity contribution < 1.29 is 9.59 Å². The summed E-state index contributed by atoms with van der Waals surface area (Å²) in [6.45, 7) is 4.85. The fraction of sp³-hybridized carbons (Fsp3) is 0.259. The van der Waals surface area contributed by atoms with Crippen LogP contribution in [0.5, 0.6) is 0 Å². The van der Waals surface area contributed by atoms with E-state index < -0.39 is 11.2 Å². The van der Waals surface area contributed by atoms with Crippen LogP contribution in [0.3, 0.4) is 0 Å². The van der Waals surface area contributed by atoms with Gasteiger partial charge in [0.15, 0.2) is 0 Å². The van der Waals surface area contributed by atoms with Crippen LogP contribution in [0.2, 0.25) is 5.02 Å². The summed E-state index contributed by atoms with van der Waals surface area (Å²) in [6.07, 6.45) is 0.758. The lowest BCUT2D eigenvalue weighted by Crippen LogP contribution is -2.47. The number of para-hydroxylation sites is 1. The number of hydrogen-bond acceptors (Lipinski definition) is 3. The highest BCUT2D eigenvalue weighted by atomic mass is 35.5. The molecule has 0 saturated carbocycles. The van der Waals surface area contributed by atoms with Gasteiger partial charge < -0.3 is 10.2 Å². The smallest absolute Gasteiger partial charge is 0.241 e. The molecule has 0 bridgehead atoms. The number of nitrogens with zero attached hydrogens (tertiary/aromatic N) is 1. The lowest BCUT2D eigenvalue weighted by molar-refractivity contribution is -0.128. The predicted octanol–water partition coefficient (Wildman–Crippen LogP) is 5.65. The summed E-state index contributed by atoms with van der Waals surface area (Å²) in [5, 5.41) is 3.17. The molecule has 0 radical (unpaired) electrons. The molecule has 33 heavy (non-hydrogen) atoms. The Kier molecular flexibility index (Phi) is 7.41. The van der Waals surface area contributed by atoms with E-state index >= 15 is 0 Å². The Labute approximate surface area is 204 Å². The number of rotatable bonds is 7. The number of benzene rings is 3. The van der Waals surface area contributed by atoms with Gasteiger partial charge in [0.2, 0.25) is 11.8 Å². The maximum absolute atomic E-state index is 13.5. The van der Waals surface area contributed by atoms with Gasteiger partial charge in [0, 0.05) is 16.5 Å². The van der Waals surface area contributed by atoms with Gasteiger partial charge in [-0.25, -0.2) is 0 Å². The summed E-state index contributed by atoms with van der Waals surface area (Å²) in [6, 6.07) is 23.7. The van der Waals surface area contributed by atoms with Crippen LogP contribution < -0.4 is 10.2 Å². The minimum absolute atomic E-state index is 0.0557. The lowest BCUT2D eigenvalue weighted by atomic mass is 10.0. The first-order valence-corrected chi connectivity index (χ1v) is 12.3. The van der Waals surface area contributed by atoms with Crippen LogP contribution in [0.4, 0.5) is 5.69 Å². The number of halogens is 1. The number of fused-ring (bicyclic) bond motifs is 1. The van der Waals surface area contributed by atoms with E-state index in [-0.39, 0.29) is 11.8 Å². The molecule has 2 atom stereocenters. The average molecular weight is 479 g/mol. The summed E-state index contributed by atoms with van der Waals surface area (Å²) < 4.78 is 0. The van der Waals surface area contributed by atoms with Crippen LogP contribution in [-0.4, -0.2) is 23.6 Å². The number of thioether (sulfide) groups is 1. The van der Waals surface area contributed by atoms with Crippen LogP contribution in [0.1, 0.15) is 23.6 Å². The molecule has 3 aromatic carbocycles. The number of carbonyl (C=O) groups is 2. The highest BCUT2D eigenvalue weighted by molar-refractivity contribution is 8.01. The van der Waals surface area contributed by atoms with Crippen LogP contribution in [0.25, 0.3) is 0 Å². The van der Waals surface area contributed by atoms with E-state index in [0.717, 1.165) is 22.6 Å². The Hall–Kier alpha value is -2.76. The normalized spacial score (nSPS) is 16.3. The third kappa shape index (κ3) is 5.60. The molecule has 4 nitrogen and oxygen atoms in total. The van der Waals surface area contributed by atoms with Crippen molar-refractivity contribution in [2.24, 2.45) is 5.92 Å². The first-order chi connectivity index (χ1) is 15.9. The van der Waals surface area contributed by atoms with Gasteiger partial charge in [-0.2, -0.15) is 0 Å². The molecule has 1 N–H and O–H groups in total. The molecule has 1 aliphatic rings. The van der Waals surface area contributed by atoms with Crippen molar-refractivity contribution in [3.8, 4) is 0 Å². The third-order valence-corrected chi connectivity index (χ3v) is 7.55. The Balaban J connectivity index is 1.46. The molecule has 0 spiro atoms. The summed E-state index contributed by atoms with van der Waals surface area (Å²) in [5.74, 6) is -0.620. The van der Waals surface area contributed by atoms with Crippen LogP contribution in [0.15, 0.2) is 77.7 Å². The van der Waals surface area contributed by atoms with Crippen molar-refractivity contribution >= 4 is 40.9 Å². The second-order valence-electron chi connectivity index (χ2n) is 8.38. The molecule has 0 aliphatic carbocycles. The van der Waals surface area contributed by atoms with E-state index in [9.17, 15) is 9.59 Å². The molecule has 0 aromatic heterocycles. The third-order valence-electron chi connectivity index (χ3n) is 5.85. The van der Waals surface area contributed by atoms with Crippen molar-refractivity contribution in [1.82, 2.24) is 5.32 Å². The molecule has 6 heteroatoms. The van der Waals surface area contributed by atoms with E-state index in [1.807, 2.05) is 55.5 Å². The topological polar surface area (TPSA) is 49.4 Å². The van der Waals surface area contributed by atoms with Crippen molar-refractivity contribution in [3.63, 3.8) is 0 Å². The molecule has 2 amide bonds. The first-order valence-electron chi connectivity index (χ1n) is 11.1. The lowest BCUT2D eigenvalue weighted by Gasteiger charge is -2.35. The molecule has 0 fully saturated rings. The Bertz CT molecular complexity index is 1150. The highest BCUT2D eigenvalue weighted by Gasteiger charge is 2.39. The number of amides is 2.